The number of methoxy groups -OCH3 is 1. The topological polar surface area (TPSA) is 39.9 Å². The Morgan fingerprint density at radius 2 is 2.04 bits per heavy atom. The van der Waals surface area contributed by atoms with Crippen molar-refractivity contribution in [2.75, 3.05) is 7.11 Å². The van der Waals surface area contributed by atoms with Crippen LogP contribution >= 0.6 is 39.3 Å². The second-order valence-electron chi connectivity index (χ2n) is 5.13. The maximum atomic E-state index is 6.12. The summed E-state index contributed by atoms with van der Waals surface area (Å²) in [5.41, 5.74) is 2.05. The van der Waals surface area contributed by atoms with Crippen molar-refractivity contribution in [1.29, 1.82) is 0 Å². The fourth-order valence-corrected chi connectivity index (χ4v) is 3.78. The molecule has 0 unspecified atom stereocenters. The molecule has 0 bridgehead atoms. The molecule has 124 valence electrons. The minimum absolute atomic E-state index is 0.636. The van der Waals surface area contributed by atoms with Gasteiger partial charge in [-0.25, -0.2) is 0 Å². The van der Waals surface area contributed by atoms with Crippen molar-refractivity contribution in [3.8, 4) is 17.1 Å². The molecule has 3 aromatic rings. The van der Waals surface area contributed by atoms with Crippen LogP contribution in [0.1, 0.15) is 5.56 Å². The van der Waals surface area contributed by atoms with Crippen molar-refractivity contribution in [2.24, 2.45) is 7.05 Å². The molecule has 0 fully saturated rings. The largest absolute Gasteiger partial charge is 0.496 e. The van der Waals surface area contributed by atoms with E-state index in [-0.39, 0.29) is 0 Å². The lowest BCUT2D eigenvalue weighted by Gasteiger charge is -2.09. The summed E-state index contributed by atoms with van der Waals surface area (Å²) in [4.78, 5) is 0. The Hall–Kier alpha value is -1.50. The van der Waals surface area contributed by atoms with Crippen molar-refractivity contribution < 1.29 is 4.74 Å². The van der Waals surface area contributed by atoms with Crippen LogP contribution < -0.4 is 4.74 Å². The average molecular weight is 425 g/mol. The number of nitrogens with zero attached hydrogens (tertiary/aromatic N) is 3. The van der Waals surface area contributed by atoms with Crippen LogP contribution in [0.2, 0.25) is 5.02 Å². The van der Waals surface area contributed by atoms with E-state index in [1.165, 1.54) is 5.56 Å². The molecule has 4 nitrogen and oxygen atoms in total. The summed E-state index contributed by atoms with van der Waals surface area (Å²) in [6.45, 7) is 0. The van der Waals surface area contributed by atoms with Crippen molar-refractivity contribution in [3.05, 3.63) is 57.5 Å². The van der Waals surface area contributed by atoms with Gasteiger partial charge in [-0.05, 0) is 35.9 Å². The molecule has 0 atom stereocenters. The Bertz CT molecular complexity index is 869. The van der Waals surface area contributed by atoms with E-state index < -0.39 is 0 Å². The Labute approximate surface area is 158 Å². The zero-order valence-corrected chi connectivity index (χ0v) is 16.3. The molecule has 2 aromatic carbocycles. The predicted molar refractivity (Wildman–Crippen MR) is 102 cm³/mol. The van der Waals surface area contributed by atoms with E-state index in [9.17, 15) is 0 Å². The monoisotopic (exact) mass is 423 g/mol. The van der Waals surface area contributed by atoms with Crippen LogP contribution in [0, 0.1) is 0 Å². The number of rotatable bonds is 5. The highest BCUT2D eigenvalue weighted by Gasteiger charge is 2.15. The van der Waals surface area contributed by atoms with Gasteiger partial charge in [0.15, 0.2) is 11.0 Å². The first kappa shape index (κ1) is 17.3. The van der Waals surface area contributed by atoms with Crippen LogP contribution in [0.15, 0.2) is 52.1 Å². The normalized spacial score (nSPS) is 10.8. The highest BCUT2D eigenvalue weighted by atomic mass is 79.9. The zero-order valence-electron chi connectivity index (χ0n) is 13.2. The summed E-state index contributed by atoms with van der Waals surface area (Å²) in [7, 11) is 3.57. The van der Waals surface area contributed by atoms with Gasteiger partial charge >= 0.3 is 0 Å². The third kappa shape index (κ3) is 3.77. The van der Waals surface area contributed by atoms with Crippen LogP contribution in [0.4, 0.5) is 0 Å². The first-order valence-electron chi connectivity index (χ1n) is 7.19. The molecular formula is C17H15BrClN3OS. The van der Waals surface area contributed by atoms with Gasteiger partial charge in [-0.2, -0.15) is 0 Å². The van der Waals surface area contributed by atoms with Crippen LogP contribution in [-0.2, 0) is 12.8 Å². The van der Waals surface area contributed by atoms with E-state index in [0.29, 0.717) is 5.02 Å². The Balaban J connectivity index is 1.85. The molecule has 0 radical (unpaired) electrons. The fraction of sp³-hybridized carbons (Fsp3) is 0.176. The van der Waals surface area contributed by atoms with E-state index >= 15 is 0 Å². The summed E-state index contributed by atoms with van der Waals surface area (Å²) < 4.78 is 8.44. The smallest absolute Gasteiger partial charge is 0.191 e. The second kappa shape index (κ2) is 7.59. The lowest BCUT2D eigenvalue weighted by atomic mass is 10.2. The molecule has 0 aliphatic heterocycles. The molecule has 0 aliphatic rings. The third-order valence-electron chi connectivity index (χ3n) is 3.49. The van der Waals surface area contributed by atoms with Gasteiger partial charge in [0.05, 0.1) is 12.7 Å². The van der Waals surface area contributed by atoms with Gasteiger partial charge < -0.3 is 9.30 Å². The van der Waals surface area contributed by atoms with Crippen molar-refractivity contribution >= 4 is 39.3 Å². The van der Waals surface area contributed by atoms with E-state index in [4.69, 9.17) is 16.3 Å². The number of benzene rings is 2. The average Bonchev–Trinajstić information content (AvgIpc) is 2.93. The zero-order chi connectivity index (χ0) is 17.1. The first-order chi connectivity index (χ1) is 11.6. The Morgan fingerprint density at radius 1 is 1.21 bits per heavy atom. The molecule has 0 saturated carbocycles. The third-order valence-corrected chi connectivity index (χ3v) is 5.31. The predicted octanol–water partition coefficient (Wildman–Crippen LogP) is 5.20. The van der Waals surface area contributed by atoms with Gasteiger partial charge in [0.1, 0.15) is 5.75 Å². The SMILES string of the molecule is COc1ccc(Cl)cc1-c1nnc(SCc2cccc(Br)c2)n1C. The van der Waals surface area contributed by atoms with Gasteiger partial charge in [-0.1, -0.05) is 51.4 Å². The maximum Gasteiger partial charge on any atom is 0.191 e. The van der Waals surface area contributed by atoms with Crippen LogP contribution in [0.3, 0.4) is 0 Å². The van der Waals surface area contributed by atoms with Crippen LogP contribution in [0.25, 0.3) is 11.4 Å². The van der Waals surface area contributed by atoms with Gasteiger partial charge in [0, 0.05) is 22.3 Å². The quantitative estimate of drug-likeness (QED) is 0.528. The van der Waals surface area contributed by atoms with Crippen LogP contribution in [0.5, 0.6) is 5.75 Å². The number of aromatic nitrogens is 3. The molecule has 0 spiro atoms. The molecule has 0 amide bonds. The number of halogens is 2. The lowest BCUT2D eigenvalue weighted by Crippen LogP contribution is -1.97. The molecule has 7 heteroatoms. The van der Waals surface area contributed by atoms with E-state index in [1.807, 2.05) is 35.9 Å². The second-order valence-corrected chi connectivity index (χ2v) is 7.42. The molecule has 1 aromatic heterocycles. The molecule has 0 saturated heterocycles. The summed E-state index contributed by atoms with van der Waals surface area (Å²) in [5.74, 6) is 2.27. The van der Waals surface area contributed by atoms with Crippen molar-refractivity contribution in [3.63, 3.8) is 0 Å². The Kier molecular flexibility index (Phi) is 5.48. The summed E-state index contributed by atoms with van der Waals surface area (Å²) in [5, 5.41) is 10.1. The summed E-state index contributed by atoms with van der Waals surface area (Å²) in [6, 6.07) is 13.7. The first-order valence-corrected chi connectivity index (χ1v) is 9.34. The number of hydrogen-bond acceptors (Lipinski definition) is 4. The van der Waals surface area contributed by atoms with Gasteiger partial charge in [-0.3, -0.25) is 0 Å². The van der Waals surface area contributed by atoms with E-state index in [1.54, 1.807) is 24.9 Å². The number of hydrogen-bond donors (Lipinski definition) is 0. The molecule has 3 rings (SSSR count). The number of thioether (sulfide) groups is 1. The highest BCUT2D eigenvalue weighted by molar-refractivity contribution is 9.10. The Morgan fingerprint density at radius 3 is 2.79 bits per heavy atom. The highest BCUT2D eigenvalue weighted by Crippen LogP contribution is 2.33. The van der Waals surface area contributed by atoms with Gasteiger partial charge in [-0.15, -0.1) is 10.2 Å². The molecule has 0 aliphatic carbocycles. The van der Waals surface area contributed by atoms with Crippen molar-refractivity contribution in [1.82, 2.24) is 14.8 Å². The summed E-state index contributed by atoms with van der Waals surface area (Å²) >= 11 is 11.2. The van der Waals surface area contributed by atoms with Crippen molar-refractivity contribution in [2.45, 2.75) is 10.9 Å². The molecule has 24 heavy (non-hydrogen) atoms. The molecule has 0 N–H and O–H groups in total. The fourth-order valence-electron chi connectivity index (χ4n) is 2.30. The van der Waals surface area contributed by atoms with E-state index in [2.05, 4.69) is 38.3 Å². The van der Waals surface area contributed by atoms with Crippen LogP contribution in [-0.4, -0.2) is 21.9 Å². The van der Waals surface area contributed by atoms with Gasteiger partial charge in [0.2, 0.25) is 0 Å². The minimum Gasteiger partial charge on any atom is -0.496 e. The van der Waals surface area contributed by atoms with Gasteiger partial charge in [0.25, 0.3) is 0 Å². The van der Waals surface area contributed by atoms with E-state index in [0.717, 1.165) is 32.5 Å². The maximum absolute atomic E-state index is 6.12. The molecular weight excluding hydrogens is 410 g/mol. The molecule has 1 heterocycles. The standard InChI is InChI=1S/C17H15BrClN3OS/c1-22-16(14-9-13(19)6-7-15(14)23-2)20-21-17(22)24-10-11-4-3-5-12(18)8-11/h3-9H,10H2,1-2H3. The summed E-state index contributed by atoms with van der Waals surface area (Å²) in [6.07, 6.45) is 0. The lowest BCUT2D eigenvalue weighted by molar-refractivity contribution is 0.416. The number of ether oxygens (including phenoxy) is 1. The minimum atomic E-state index is 0.636.